The molecule has 1 aromatic heterocycles. The second-order valence-corrected chi connectivity index (χ2v) is 6.18. The first kappa shape index (κ1) is 12.9. The highest BCUT2D eigenvalue weighted by Crippen LogP contribution is 2.41. The summed E-state index contributed by atoms with van der Waals surface area (Å²) < 4.78 is 0. The van der Waals surface area contributed by atoms with Gasteiger partial charge in [0.2, 0.25) is 0 Å². The van der Waals surface area contributed by atoms with Crippen molar-refractivity contribution in [1.82, 2.24) is 9.97 Å². The number of aliphatic hydroxyl groups is 1. The molecule has 104 valence electrons. The van der Waals surface area contributed by atoms with Crippen molar-refractivity contribution in [1.29, 1.82) is 0 Å². The molecular formula is C15H23N3O. The van der Waals surface area contributed by atoms with Crippen LogP contribution in [0.1, 0.15) is 45.4 Å². The van der Waals surface area contributed by atoms with Crippen molar-refractivity contribution >= 4 is 5.82 Å². The molecular weight excluding hydrogens is 238 g/mol. The minimum Gasteiger partial charge on any atom is -0.390 e. The number of aromatic nitrogens is 2. The van der Waals surface area contributed by atoms with Gasteiger partial charge in [0.05, 0.1) is 11.8 Å². The van der Waals surface area contributed by atoms with Crippen LogP contribution < -0.4 is 4.90 Å². The monoisotopic (exact) mass is 261 g/mol. The molecule has 0 amide bonds. The van der Waals surface area contributed by atoms with Crippen molar-refractivity contribution in [2.24, 2.45) is 5.92 Å². The Labute approximate surface area is 114 Å². The normalized spacial score (nSPS) is 35.6. The zero-order chi connectivity index (χ0) is 13.3. The Morgan fingerprint density at radius 2 is 2.16 bits per heavy atom. The third-order valence-corrected chi connectivity index (χ3v) is 4.85. The maximum Gasteiger partial charge on any atom is 0.147 e. The lowest BCUT2D eigenvalue weighted by atomic mass is 9.72. The summed E-state index contributed by atoms with van der Waals surface area (Å²) in [6, 6.07) is 0.423. The Morgan fingerprint density at radius 3 is 2.89 bits per heavy atom. The predicted molar refractivity (Wildman–Crippen MR) is 75.0 cm³/mol. The minimum absolute atomic E-state index is 0.366. The zero-order valence-electron chi connectivity index (χ0n) is 11.6. The molecule has 2 fully saturated rings. The van der Waals surface area contributed by atoms with Gasteiger partial charge in [-0.25, -0.2) is 4.98 Å². The standard InChI is InChI=1S/C15H23N3O/c1-15(19)7-3-2-5-12(15)13-6-4-10-18(13)14-11-16-8-9-17-14/h8-9,11-13,19H,2-7,10H2,1H3/t12-,13-,15+/m1/s1. The molecule has 0 aromatic carbocycles. The van der Waals surface area contributed by atoms with Crippen molar-refractivity contribution < 1.29 is 5.11 Å². The highest BCUT2D eigenvalue weighted by atomic mass is 16.3. The third kappa shape index (κ3) is 2.46. The lowest BCUT2D eigenvalue weighted by molar-refractivity contribution is -0.0411. The van der Waals surface area contributed by atoms with Crippen molar-refractivity contribution in [2.45, 2.75) is 57.1 Å². The Hall–Kier alpha value is -1.16. The fraction of sp³-hybridized carbons (Fsp3) is 0.733. The number of hydrogen-bond donors (Lipinski definition) is 1. The number of hydrogen-bond acceptors (Lipinski definition) is 4. The van der Waals surface area contributed by atoms with E-state index in [2.05, 4.69) is 14.9 Å². The van der Waals surface area contributed by atoms with Crippen LogP contribution in [-0.4, -0.2) is 33.3 Å². The molecule has 0 unspecified atom stereocenters. The SMILES string of the molecule is C[C@]1(O)CCCC[C@@H]1[C@H]1CCCN1c1cnccn1. The Morgan fingerprint density at radius 1 is 1.26 bits per heavy atom. The van der Waals surface area contributed by atoms with E-state index in [1.807, 2.05) is 13.1 Å². The first-order chi connectivity index (χ1) is 9.18. The summed E-state index contributed by atoms with van der Waals surface area (Å²) >= 11 is 0. The first-order valence-corrected chi connectivity index (χ1v) is 7.43. The summed E-state index contributed by atoms with van der Waals surface area (Å²) in [6.07, 6.45) is 12.1. The van der Waals surface area contributed by atoms with E-state index < -0.39 is 5.60 Å². The molecule has 1 saturated carbocycles. The van der Waals surface area contributed by atoms with Crippen LogP contribution in [-0.2, 0) is 0 Å². The van der Waals surface area contributed by atoms with Gasteiger partial charge in [-0.3, -0.25) is 4.98 Å². The van der Waals surface area contributed by atoms with E-state index in [1.54, 1.807) is 12.4 Å². The Kier molecular flexibility index (Phi) is 3.44. The van der Waals surface area contributed by atoms with Crippen molar-refractivity contribution in [2.75, 3.05) is 11.4 Å². The van der Waals surface area contributed by atoms with Crippen LogP contribution in [0.3, 0.4) is 0 Å². The molecule has 4 nitrogen and oxygen atoms in total. The molecule has 1 aliphatic carbocycles. The highest BCUT2D eigenvalue weighted by Gasteiger charge is 2.43. The van der Waals surface area contributed by atoms with Gasteiger partial charge in [-0.1, -0.05) is 12.8 Å². The van der Waals surface area contributed by atoms with Gasteiger partial charge < -0.3 is 10.0 Å². The van der Waals surface area contributed by atoms with E-state index in [0.717, 1.165) is 38.0 Å². The van der Waals surface area contributed by atoms with Gasteiger partial charge in [0.25, 0.3) is 0 Å². The van der Waals surface area contributed by atoms with Crippen LogP contribution in [0.25, 0.3) is 0 Å². The van der Waals surface area contributed by atoms with Crippen LogP contribution in [0.4, 0.5) is 5.82 Å². The lowest BCUT2D eigenvalue weighted by Crippen LogP contribution is -2.49. The molecule has 2 aliphatic rings. The van der Waals surface area contributed by atoms with Gasteiger partial charge in [-0.2, -0.15) is 0 Å². The summed E-state index contributed by atoms with van der Waals surface area (Å²) in [7, 11) is 0. The summed E-state index contributed by atoms with van der Waals surface area (Å²) in [5, 5.41) is 10.7. The first-order valence-electron chi connectivity index (χ1n) is 7.43. The molecule has 0 radical (unpaired) electrons. The third-order valence-electron chi connectivity index (χ3n) is 4.85. The maximum absolute atomic E-state index is 10.7. The van der Waals surface area contributed by atoms with Gasteiger partial charge in [0.15, 0.2) is 0 Å². The van der Waals surface area contributed by atoms with Gasteiger partial charge >= 0.3 is 0 Å². The summed E-state index contributed by atoms with van der Waals surface area (Å²) in [4.78, 5) is 11.0. The molecule has 19 heavy (non-hydrogen) atoms. The van der Waals surface area contributed by atoms with Crippen molar-refractivity contribution in [3.8, 4) is 0 Å². The quantitative estimate of drug-likeness (QED) is 0.888. The average molecular weight is 261 g/mol. The van der Waals surface area contributed by atoms with Gasteiger partial charge in [0, 0.05) is 30.9 Å². The molecule has 4 heteroatoms. The largest absolute Gasteiger partial charge is 0.390 e. The summed E-state index contributed by atoms with van der Waals surface area (Å²) in [5.74, 6) is 1.33. The van der Waals surface area contributed by atoms with Crippen molar-refractivity contribution in [3.05, 3.63) is 18.6 Å². The molecule has 1 aromatic rings. The molecule has 0 bridgehead atoms. The maximum atomic E-state index is 10.7. The van der Waals surface area contributed by atoms with Crippen molar-refractivity contribution in [3.63, 3.8) is 0 Å². The van der Waals surface area contributed by atoms with Gasteiger partial charge in [-0.15, -0.1) is 0 Å². The number of rotatable bonds is 2. The van der Waals surface area contributed by atoms with Crippen LogP contribution in [0.5, 0.6) is 0 Å². The smallest absolute Gasteiger partial charge is 0.147 e. The minimum atomic E-state index is -0.520. The second kappa shape index (κ2) is 5.08. The van der Waals surface area contributed by atoms with Crippen LogP contribution in [0.2, 0.25) is 0 Å². The Balaban J connectivity index is 1.83. The zero-order valence-corrected chi connectivity index (χ0v) is 11.6. The summed E-state index contributed by atoms with van der Waals surface area (Å²) in [5.41, 5.74) is -0.520. The highest BCUT2D eigenvalue weighted by molar-refractivity contribution is 5.39. The van der Waals surface area contributed by atoms with E-state index in [0.29, 0.717) is 12.0 Å². The number of anilines is 1. The van der Waals surface area contributed by atoms with Crippen LogP contribution >= 0.6 is 0 Å². The van der Waals surface area contributed by atoms with E-state index in [-0.39, 0.29) is 0 Å². The molecule has 3 atom stereocenters. The molecule has 1 N–H and O–H groups in total. The summed E-state index contributed by atoms with van der Waals surface area (Å²) in [6.45, 7) is 3.06. The van der Waals surface area contributed by atoms with E-state index in [4.69, 9.17) is 0 Å². The molecule has 3 rings (SSSR count). The second-order valence-electron chi connectivity index (χ2n) is 6.18. The number of nitrogens with zero attached hydrogens (tertiary/aromatic N) is 3. The van der Waals surface area contributed by atoms with E-state index in [9.17, 15) is 5.11 Å². The topological polar surface area (TPSA) is 49.2 Å². The molecule has 1 saturated heterocycles. The molecule has 0 spiro atoms. The predicted octanol–water partition coefficient (Wildman–Crippen LogP) is 2.39. The van der Waals surface area contributed by atoms with Crippen LogP contribution in [0.15, 0.2) is 18.6 Å². The molecule has 2 heterocycles. The molecule has 1 aliphatic heterocycles. The van der Waals surface area contributed by atoms with Gasteiger partial charge in [-0.05, 0) is 32.6 Å². The fourth-order valence-electron chi connectivity index (χ4n) is 3.89. The Bertz CT molecular complexity index is 421. The fourth-order valence-corrected chi connectivity index (χ4v) is 3.89. The van der Waals surface area contributed by atoms with Gasteiger partial charge in [0.1, 0.15) is 5.82 Å². The van der Waals surface area contributed by atoms with E-state index >= 15 is 0 Å². The lowest BCUT2D eigenvalue weighted by Gasteiger charge is -2.43. The average Bonchev–Trinajstić information content (AvgIpc) is 2.88. The van der Waals surface area contributed by atoms with Crippen LogP contribution in [0, 0.1) is 5.92 Å². The van der Waals surface area contributed by atoms with E-state index in [1.165, 1.54) is 12.8 Å².